The molecule has 1 aromatic heterocycles. The Morgan fingerprint density at radius 2 is 0.790 bits per heavy atom. The molecular weight excluding hydrogens is 751 g/mol. The monoisotopic (exact) mass is 793 g/mol. The van der Waals surface area contributed by atoms with Crippen LogP contribution >= 0.6 is 0 Å². The van der Waals surface area contributed by atoms with Gasteiger partial charge in [-0.25, -0.2) is 0 Å². The summed E-state index contributed by atoms with van der Waals surface area (Å²) in [5, 5.41) is 1.08. The molecule has 1 heterocycles. The van der Waals surface area contributed by atoms with Gasteiger partial charge in [-0.3, -0.25) is 0 Å². The van der Waals surface area contributed by atoms with E-state index in [-0.39, 0.29) is 0 Å². The summed E-state index contributed by atoms with van der Waals surface area (Å²) in [5.41, 5.74) is 20.7. The second-order valence-electron chi connectivity index (χ2n) is 17.0. The maximum absolute atomic E-state index is 6.08. The van der Waals surface area contributed by atoms with E-state index in [0.29, 0.717) is 0 Å². The quantitative estimate of drug-likeness (QED) is 0.160. The number of rotatable bonds is 7. The van der Waals surface area contributed by atoms with Gasteiger partial charge in [-0.2, -0.15) is 0 Å². The van der Waals surface area contributed by atoms with Crippen LogP contribution in [-0.2, 0) is 10.8 Å². The van der Waals surface area contributed by atoms with E-state index in [2.05, 4.69) is 231 Å². The van der Waals surface area contributed by atoms with E-state index in [4.69, 9.17) is 4.42 Å². The predicted octanol–water partition coefficient (Wildman–Crippen LogP) is 15.2. The first kappa shape index (κ1) is 36.2. The topological polar surface area (TPSA) is 16.4 Å². The van der Waals surface area contributed by atoms with Crippen molar-refractivity contribution in [2.45, 2.75) is 24.7 Å². The highest BCUT2D eigenvalue weighted by Gasteiger charge is 2.48. The summed E-state index contributed by atoms with van der Waals surface area (Å²) in [6.45, 7) is 4.34. The number of hydrogen-bond donors (Lipinski definition) is 0. The average molecular weight is 794 g/mol. The fourth-order valence-corrected chi connectivity index (χ4v) is 10.9. The van der Waals surface area contributed by atoms with Gasteiger partial charge in [0.25, 0.3) is 0 Å². The Morgan fingerprint density at radius 3 is 1.42 bits per heavy atom. The van der Waals surface area contributed by atoms with E-state index >= 15 is 0 Å². The summed E-state index contributed by atoms with van der Waals surface area (Å²) in [4.78, 5) is 2.42. The van der Waals surface area contributed by atoms with Crippen molar-refractivity contribution < 1.29 is 4.42 Å². The van der Waals surface area contributed by atoms with Crippen LogP contribution in [0.15, 0.2) is 229 Å². The summed E-state index contributed by atoms with van der Waals surface area (Å²) in [7, 11) is 0. The number of anilines is 3. The zero-order valence-corrected chi connectivity index (χ0v) is 34.7. The molecule has 0 fully saturated rings. The SMILES string of the molecule is Cc1ccc(C2(c3ccc(C)cc3)c3ccccc3-c3ccc(N(c4ccc5c(c4)-c4ccccc4C5(c4ccccc4)c4ccccc4)c4ccc5ccoc5c4)cc32)cc1. The van der Waals surface area contributed by atoms with Gasteiger partial charge in [0.15, 0.2) is 0 Å². The van der Waals surface area contributed by atoms with Gasteiger partial charge in [-0.05, 0) is 123 Å². The van der Waals surface area contributed by atoms with Crippen LogP contribution in [0.1, 0.15) is 55.6 Å². The minimum Gasteiger partial charge on any atom is -0.464 e. The largest absolute Gasteiger partial charge is 0.464 e. The highest BCUT2D eigenvalue weighted by Crippen LogP contribution is 2.59. The third kappa shape index (κ3) is 5.17. The summed E-state index contributed by atoms with van der Waals surface area (Å²) in [6.07, 6.45) is 1.78. The van der Waals surface area contributed by atoms with Crippen molar-refractivity contribution in [3.8, 4) is 22.3 Å². The molecule has 294 valence electrons. The van der Waals surface area contributed by atoms with Gasteiger partial charge in [0, 0.05) is 28.5 Å². The maximum Gasteiger partial charge on any atom is 0.135 e. The average Bonchev–Trinajstić information content (AvgIpc) is 4.00. The van der Waals surface area contributed by atoms with Crippen LogP contribution in [0.2, 0.25) is 0 Å². The lowest BCUT2D eigenvalue weighted by molar-refractivity contribution is 0.616. The van der Waals surface area contributed by atoms with Crippen molar-refractivity contribution in [1.29, 1.82) is 0 Å². The normalized spacial score (nSPS) is 13.9. The molecule has 12 rings (SSSR count). The van der Waals surface area contributed by atoms with Crippen LogP contribution in [0.4, 0.5) is 17.1 Å². The van der Waals surface area contributed by atoms with Crippen LogP contribution in [0, 0.1) is 13.8 Å². The molecule has 2 aliphatic rings. The van der Waals surface area contributed by atoms with E-state index in [0.717, 1.165) is 28.0 Å². The fourth-order valence-electron chi connectivity index (χ4n) is 10.9. The molecule has 0 amide bonds. The van der Waals surface area contributed by atoms with Crippen molar-refractivity contribution in [3.63, 3.8) is 0 Å². The molecule has 0 radical (unpaired) electrons. The highest BCUT2D eigenvalue weighted by molar-refractivity contribution is 5.94. The molecule has 0 aliphatic heterocycles. The maximum atomic E-state index is 6.08. The molecule has 0 spiro atoms. The molecule has 0 saturated carbocycles. The van der Waals surface area contributed by atoms with Gasteiger partial charge in [-0.1, -0.05) is 181 Å². The molecule has 2 heteroatoms. The van der Waals surface area contributed by atoms with Crippen LogP contribution < -0.4 is 4.90 Å². The van der Waals surface area contributed by atoms with E-state index in [1.54, 1.807) is 6.26 Å². The third-order valence-electron chi connectivity index (χ3n) is 13.7. The zero-order valence-electron chi connectivity index (χ0n) is 34.7. The molecule has 2 nitrogen and oxygen atoms in total. The summed E-state index contributed by atoms with van der Waals surface area (Å²) < 4.78 is 6.08. The zero-order chi connectivity index (χ0) is 41.4. The second-order valence-corrected chi connectivity index (χ2v) is 17.0. The molecule has 0 N–H and O–H groups in total. The Labute approximate surface area is 363 Å². The minimum atomic E-state index is -0.540. The lowest BCUT2D eigenvalue weighted by Crippen LogP contribution is -2.29. The van der Waals surface area contributed by atoms with Gasteiger partial charge in [-0.15, -0.1) is 0 Å². The fraction of sp³-hybridized carbons (Fsp3) is 0.0667. The van der Waals surface area contributed by atoms with Gasteiger partial charge in [0.2, 0.25) is 0 Å². The van der Waals surface area contributed by atoms with E-state index in [9.17, 15) is 0 Å². The number of furan rings is 1. The summed E-state index contributed by atoms with van der Waals surface area (Å²) in [5.74, 6) is 0. The Kier molecular flexibility index (Phi) is 8.14. The molecule has 0 saturated heterocycles. The number of nitrogens with zero attached hydrogens (tertiary/aromatic N) is 1. The van der Waals surface area contributed by atoms with E-state index in [1.165, 1.54) is 77.9 Å². The highest BCUT2D eigenvalue weighted by atomic mass is 16.3. The Morgan fingerprint density at radius 1 is 0.339 bits per heavy atom. The number of benzene rings is 9. The third-order valence-corrected chi connectivity index (χ3v) is 13.7. The Hall–Kier alpha value is -7.68. The molecular formula is C60H43NO. The first-order chi connectivity index (χ1) is 30.5. The summed E-state index contributed by atoms with van der Waals surface area (Å²) in [6, 6.07) is 81.3. The molecule has 62 heavy (non-hydrogen) atoms. The minimum absolute atomic E-state index is 0.480. The first-order valence-electron chi connectivity index (χ1n) is 21.6. The van der Waals surface area contributed by atoms with Crippen LogP contribution in [0.25, 0.3) is 33.2 Å². The van der Waals surface area contributed by atoms with E-state index < -0.39 is 10.8 Å². The number of hydrogen-bond acceptors (Lipinski definition) is 2. The summed E-state index contributed by atoms with van der Waals surface area (Å²) >= 11 is 0. The Bertz CT molecular complexity index is 3220. The molecule has 2 aliphatic carbocycles. The molecule has 0 bridgehead atoms. The number of fused-ring (bicyclic) bond motifs is 7. The van der Waals surface area contributed by atoms with Crippen LogP contribution in [0.3, 0.4) is 0 Å². The van der Waals surface area contributed by atoms with Crippen LogP contribution in [-0.4, -0.2) is 0 Å². The first-order valence-corrected chi connectivity index (χ1v) is 21.6. The van der Waals surface area contributed by atoms with Crippen molar-refractivity contribution in [1.82, 2.24) is 0 Å². The van der Waals surface area contributed by atoms with Gasteiger partial charge >= 0.3 is 0 Å². The van der Waals surface area contributed by atoms with Crippen LogP contribution in [0.5, 0.6) is 0 Å². The van der Waals surface area contributed by atoms with Gasteiger partial charge in [0.05, 0.1) is 17.1 Å². The van der Waals surface area contributed by atoms with Gasteiger partial charge in [0.1, 0.15) is 5.58 Å². The smallest absolute Gasteiger partial charge is 0.135 e. The molecule has 0 unspecified atom stereocenters. The van der Waals surface area contributed by atoms with Crippen molar-refractivity contribution in [3.05, 3.63) is 280 Å². The van der Waals surface area contributed by atoms with Gasteiger partial charge < -0.3 is 9.32 Å². The Balaban J connectivity index is 1.13. The standard InChI is InChI=1S/C60H43NO/c1-40-21-26-45(27-22-40)60(46-28-23-41(2)24-29-46)54-19-11-9-17-50(54)52-33-31-48(38-57(52)60)61(49-30-25-42-35-36-62-58(42)39-49)47-32-34-56-53(37-47)51-18-10-12-20-55(51)59(56,43-13-5-3-6-14-43)44-15-7-4-8-16-44/h3-39H,1-2H3. The lowest BCUT2D eigenvalue weighted by atomic mass is 9.67. The number of aryl methyl sites for hydroxylation is 2. The lowest BCUT2D eigenvalue weighted by Gasteiger charge is -2.35. The van der Waals surface area contributed by atoms with Crippen molar-refractivity contribution in [2.24, 2.45) is 0 Å². The molecule has 10 aromatic rings. The second kappa shape index (κ2) is 13.9. The molecule has 0 atom stereocenters. The van der Waals surface area contributed by atoms with Crippen molar-refractivity contribution in [2.75, 3.05) is 4.90 Å². The predicted molar refractivity (Wildman–Crippen MR) is 255 cm³/mol. The molecule has 9 aromatic carbocycles. The van der Waals surface area contributed by atoms with Crippen molar-refractivity contribution >= 4 is 28.0 Å². The van der Waals surface area contributed by atoms with E-state index in [1.807, 2.05) is 6.07 Å².